The molecule has 0 aliphatic heterocycles. The highest BCUT2D eigenvalue weighted by Gasteiger charge is 2.11. The zero-order valence-corrected chi connectivity index (χ0v) is 13.4. The van der Waals surface area contributed by atoms with E-state index >= 15 is 0 Å². The Balaban J connectivity index is 1.84. The number of hydrogen-bond acceptors (Lipinski definition) is 4. The summed E-state index contributed by atoms with van der Waals surface area (Å²) in [5.41, 5.74) is 0.890. The Hall–Kier alpha value is -3.35. The van der Waals surface area contributed by atoms with Crippen molar-refractivity contribution in [3.63, 3.8) is 0 Å². The fourth-order valence-corrected chi connectivity index (χ4v) is 2.30. The normalized spacial score (nSPS) is 10.5. The van der Waals surface area contributed by atoms with Crippen LogP contribution in [0.4, 0.5) is 10.2 Å². The van der Waals surface area contributed by atoms with E-state index in [1.54, 1.807) is 30.5 Å². The van der Waals surface area contributed by atoms with Gasteiger partial charge in [-0.15, -0.1) is 0 Å². The monoisotopic (exact) mass is 338 g/mol. The molecule has 0 aliphatic rings. The van der Waals surface area contributed by atoms with Crippen LogP contribution in [0.1, 0.15) is 5.56 Å². The number of aryl methyl sites for hydroxylation is 1. The van der Waals surface area contributed by atoms with Gasteiger partial charge in [0.1, 0.15) is 18.2 Å². The van der Waals surface area contributed by atoms with E-state index in [0.717, 1.165) is 10.2 Å². The average Bonchev–Trinajstić information content (AvgIpc) is 2.59. The van der Waals surface area contributed by atoms with E-state index in [1.165, 1.54) is 18.2 Å². The second-order valence-corrected chi connectivity index (χ2v) is 5.41. The van der Waals surface area contributed by atoms with Crippen LogP contribution in [0.3, 0.4) is 0 Å². The Morgan fingerprint density at radius 2 is 1.96 bits per heavy atom. The summed E-state index contributed by atoms with van der Waals surface area (Å²) in [5.74, 6) is -0.471. The maximum atomic E-state index is 13.9. The lowest BCUT2D eigenvalue weighted by molar-refractivity contribution is -0.117. The third-order valence-electron chi connectivity index (χ3n) is 3.58. The molecule has 3 aromatic rings. The topological polar surface area (TPSA) is 76.9 Å². The summed E-state index contributed by atoms with van der Waals surface area (Å²) < 4.78 is 14.9. The molecule has 1 aromatic carbocycles. The number of pyridine rings is 1. The van der Waals surface area contributed by atoms with Crippen molar-refractivity contribution < 1.29 is 9.18 Å². The summed E-state index contributed by atoms with van der Waals surface area (Å²) in [7, 11) is 0. The third-order valence-corrected chi connectivity index (χ3v) is 3.58. The molecule has 6 nitrogen and oxygen atoms in total. The van der Waals surface area contributed by atoms with Gasteiger partial charge in [0.25, 0.3) is 5.56 Å². The molecule has 3 rings (SSSR count). The van der Waals surface area contributed by atoms with Crippen molar-refractivity contribution in [3.05, 3.63) is 76.5 Å². The fraction of sp³-hybridized carbons (Fsp3) is 0.111. The van der Waals surface area contributed by atoms with Gasteiger partial charge in [-0.1, -0.05) is 18.2 Å². The molecule has 0 saturated heterocycles. The van der Waals surface area contributed by atoms with Gasteiger partial charge in [-0.25, -0.2) is 14.1 Å². The Morgan fingerprint density at radius 3 is 2.72 bits per heavy atom. The summed E-state index contributed by atoms with van der Waals surface area (Å²) >= 11 is 0. The van der Waals surface area contributed by atoms with E-state index in [4.69, 9.17) is 0 Å². The van der Waals surface area contributed by atoms with Crippen molar-refractivity contribution in [1.82, 2.24) is 14.8 Å². The lowest BCUT2D eigenvalue weighted by Gasteiger charge is -2.09. The largest absolute Gasteiger partial charge is 0.309 e. The zero-order chi connectivity index (χ0) is 17.8. The molecule has 126 valence electrons. The van der Waals surface area contributed by atoms with Gasteiger partial charge < -0.3 is 5.32 Å². The molecule has 0 bridgehead atoms. The summed E-state index contributed by atoms with van der Waals surface area (Å²) in [6.07, 6.45) is 1.56. The molecule has 0 atom stereocenters. The molecule has 0 spiro atoms. The van der Waals surface area contributed by atoms with Crippen molar-refractivity contribution in [2.75, 3.05) is 5.32 Å². The molecule has 0 saturated carbocycles. The smallest absolute Gasteiger partial charge is 0.267 e. The van der Waals surface area contributed by atoms with E-state index in [1.807, 2.05) is 13.0 Å². The molecule has 7 heteroatoms. The highest BCUT2D eigenvalue weighted by atomic mass is 19.1. The van der Waals surface area contributed by atoms with E-state index in [9.17, 15) is 14.0 Å². The minimum Gasteiger partial charge on any atom is -0.309 e. The predicted octanol–water partition coefficient (Wildman–Crippen LogP) is 2.39. The van der Waals surface area contributed by atoms with E-state index in [2.05, 4.69) is 15.4 Å². The number of carbonyl (C=O) groups is 1. The molecule has 0 aliphatic carbocycles. The first-order chi connectivity index (χ1) is 12.0. The number of hydrogen-bond donors (Lipinski definition) is 1. The van der Waals surface area contributed by atoms with Crippen LogP contribution in [0.15, 0.2) is 59.5 Å². The van der Waals surface area contributed by atoms with Gasteiger partial charge in [-0.05, 0) is 36.8 Å². The van der Waals surface area contributed by atoms with Crippen LogP contribution in [0, 0.1) is 12.7 Å². The first kappa shape index (κ1) is 16.5. The predicted molar refractivity (Wildman–Crippen MR) is 91.5 cm³/mol. The van der Waals surface area contributed by atoms with E-state index in [-0.39, 0.29) is 17.8 Å². The first-order valence-electron chi connectivity index (χ1n) is 7.59. The SMILES string of the molecule is Cc1cccnc1NC(=O)Cn1nc(-c2ccccc2F)ccc1=O. The Morgan fingerprint density at radius 1 is 1.16 bits per heavy atom. The first-order valence-corrected chi connectivity index (χ1v) is 7.59. The van der Waals surface area contributed by atoms with Gasteiger partial charge in [-0.2, -0.15) is 5.10 Å². The average molecular weight is 338 g/mol. The molecule has 2 heterocycles. The Kier molecular flexibility index (Phi) is 4.65. The van der Waals surface area contributed by atoms with Crippen LogP contribution in [-0.2, 0) is 11.3 Å². The molecule has 0 unspecified atom stereocenters. The highest BCUT2D eigenvalue weighted by Crippen LogP contribution is 2.18. The highest BCUT2D eigenvalue weighted by molar-refractivity contribution is 5.90. The summed E-state index contributed by atoms with van der Waals surface area (Å²) in [4.78, 5) is 28.2. The number of amides is 1. The third kappa shape index (κ3) is 3.77. The quantitative estimate of drug-likeness (QED) is 0.792. The standard InChI is InChI=1S/C18H15FN4O2/c1-12-5-4-10-20-18(12)21-16(24)11-23-17(25)9-8-15(22-23)13-6-2-3-7-14(13)19/h2-10H,11H2,1H3,(H,20,21,24). The van der Waals surface area contributed by atoms with E-state index < -0.39 is 17.3 Å². The molecule has 25 heavy (non-hydrogen) atoms. The minimum absolute atomic E-state index is 0.261. The Bertz CT molecular complexity index is 985. The molecular weight excluding hydrogens is 323 g/mol. The van der Waals surface area contributed by atoms with Crippen LogP contribution in [-0.4, -0.2) is 20.7 Å². The lowest BCUT2D eigenvalue weighted by atomic mass is 10.1. The van der Waals surface area contributed by atoms with Crippen LogP contribution in [0.2, 0.25) is 0 Å². The number of benzene rings is 1. The van der Waals surface area contributed by atoms with Gasteiger partial charge >= 0.3 is 0 Å². The van der Waals surface area contributed by atoms with Gasteiger partial charge in [0.15, 0.2) is 0 Å². The maximum absolute atomic E-state index is 13.9. The zero-order valence-electron chi connectivity index (χ0n) is 13.4. The number of carbonyl (C=O) groups excluding carboxylic acids is 1. The number of rotatable bonds is 4. The van der Waals surface area contributed by atoms with Gasteiger partial charge in [0.05, 0.1) is 5.69 Å². The van der Waals surface area contributed by atoms with Crippen LogP contribution in [0.5, 0.6) is 0 Å². The lowest BCUT2D eigenvalue weighted by Crippen LogP contribution is -2.29. The number of halogens is 1. The molecule has 1 N–H and O–H groups in total. The summed E-state index contributed by atoms with van der Waals surface area (Å²) in [6, 6.07) is 12.4. The van der Waals surface area contributed by atoms with Crippen molar-refractivity contribution in [3.8, 4) is 11.3 Å². The maximum Gasteiger partial charge on any atom is 0.267 e. The molecule has 2 aromatic heterocycles. The Labute approximate surface area is 143 Å². The summed E-state index contributed by atoms with van der Waals surface area (Å²) in [5, 5.41) is 6.72. The second kappa shape index (κ2) is 7.04. The number of aromatic nitrogens is 3. The second-order valence-electron chi connectivity index (χ2n) is 5.41. The number of nitrogens with one attached hydrogen (secondary N) is 1. The van der Waals surface area contributed by atoms with Crippen molar-refractivity contribution in [2.45, 2.75) is 13.5 Å². The number of nitrogens with zero attached hydrogens (tertiary/aromatic N) is 3. The van der Waals surface area contributed by atoms with Crippen LogP contribution >= 0.6 is 0 Å². The molecular formula is C18H15FN4O2. The van der Waals surface area contributed by atoms with Gasteiger partial charge in [-0.3, -0.25) is 9.59 Å². The number of anilines is 1. The molecule has 0 radical (unpaired) electrons. The van der Waals surface area contributed by atoms with Crippen LogP contribution in [0.25, 0.3) is 11.3 Å². The van der Waals surface area contributed by atoms with Crippen molar-refractivity contribution in [2.24, 2.45) is 0 Å². The fourth-order valence-electron chi connectivity index (χ4n) is 2.30. The molecule has 0 fully saturated rings. The molecule has 1 amide bonds. The van der Waals surface area contributed by atoms with Crippen molar-refractivity contribution in [1.29, 1.82) is 0 Å². The van der Waals surface area contributed by atoms with Gasteiger partial charge in [0.2, 0.25) is 5.91 Å². The van der Waals surface area contributed by atoms with Gasteiger partial charge in [0, 0.05) is 17.8 Å². The van der Waals surface area contributed by atoms with Crippen LogP contribution < -0.4 is 10.9 Å². The summed E-state index contributed by atoms with van der Waals surface area (Å²) in [6.45, 7) is 1.52. The minimum atomic E-state index is -0.451. The van der Waals surface area contributed by atoms with E-state index in [0.29, 0.717) is 5.82 Å². The van der Waals surface area contributed by atoms with Crippen molar-refractivity contribution >= 4 is 11.7 Å².